The number of anilines is 1. The number of nitriles is 1. The largest absolute Gasteiger partial charge is 0.325 e. The van der Waals surface area contributed by atoms with Crippen LogP contribution < -0.4 is 5.32 Å². The van der Waals surface area contributed by atoms with Crippen LogP contribution in [-0.2, 0) is 14.6 Å². The highest BCUT2D eigenvalue weighted by atomic mass is 32.2. The Hall–Kier alpha value is -1.87. The molecular formula is C15H18N2O3S. The highest BCUT2D eigenvalue weighted by Gasteiger charge is 2.37. The molecule has 0 aliphatic heterocycles. The SMILES string of the molecule is CC(C(=O)Nc1cccc(C#N)c1)S(=O)(=O)C1CCCC1. The predicted octanol–water partition coefficient (Wildman–Crippen LogP) is 2.24. The topological polar surface area (TPSA) is 87.0 Å². The average Bonchev–Trinajstić information content (AvgIpc) is 3.01. The summed E-state index contributed by atoms with van der Waals surface area (Å²) in [6.45, 7) is 1.43. The predicted molar refractivity (Wildman–Crippen MR) is 80.4 cm³/mol. The van der Waals surface area contributed by atoms with Crippen LogP contribution in [-0.4, -0.2) is 24.8 Å². The van der Waals surface area contributed by atoms with Gasteiger partial charge in [-0.1, -0.05) is 18.9 Å². The number of hydrogen-bond donors (Lipinski definition) is 1. The van der Waals surface area contributed by atoms with Gasteiger partial charge in [-0.25, -0.2) is 8.42 Å². The van der Waals surface area contributed by atoms with Crippen LogP contribution in [0.25, 0.3) is 0 Å². The minimum atomic E-state index is -3.45. The second-order valence-electron chi connectivity index (χ2n) is 5.32. The molecule has 1 aliphatic rings. The van der Waals surface area contributed by atoms with Crippen molar-refractivity contribution in [2.45, 2.75) is 43.1 Å². The number of hydrogen-bond acceptors (Lipinski definition) is 4. The molecule has 1 saturated carbocycles. The van der Waals surface area contributed by atoms with Crippen molar-refractivity contribution < 1.29 is 13.2 Å². The van der Waals surface area contributed by atoms with E-state index in [-0.39, 0.29) is 0 Å². The van der Waals surface area contributed by atoms with E-state index in [9.17, 15) is 13.2 Å². The van der Waals surface area contributed by atoms with Gasteiger partial charge < -0.3 is 5.32 Å². The van der Waals surface area contributed by atoms with E-state index < -0.39 is 26.2 Å². The molecule has 6 heteroatoms. The van der Waals surface area contributed by atoms with E-state index in [4.69, 9.17) is 5.26 Å². The lowest BCUT2D eigenvalue weighted by atomic mass is 10.2. The van der Waals surface area contributed by atoms with Crippen LogP contribution in [0.1, 0.15) is 38.2 Å². The lowest BCUT2D eigenvalue weighted by molar-refractivity contribution is -0.115. The van der Waals surface area contributed by atoms with Crippen molar-refractivity contribution in [3.8, 4) is 6.07 Å². The Morgan fingerprint density at radius 3 is 2.67 bits per heavy atom. The average molecular weight is 306 g/mol. The summed E-state index contributed by atoms with van der Waals surface area (Å²) < 4.78 is 24.7. The van der Waals surface area contributed by atoms with Crippen LogP contribution >= 0.6 is 0 Å². The van der Waals surface area contributed by atoms with E-state index in [0.29, 0.717) is 24.1 Å². The van der Waals surface area contributed by atoms with Crippen molar-refractivity contribution in [3.63, 3.8) is 0 Å². The fourth-order valence-corrected chi connectivity index (χ4v) is 4.49. The van der Waals surface area contributed by atoms with Crippen molar-refractivity contribution in [3.05, 3.63) is 29.8 Å². The Morgan fingerprint density at radius 2 is 2.05 bits per heavy atom. The summed E-state index contributed by atoms with van der Waals surface area (Å²) in [5.74, 6) is -0.544. The van der Waals surface area contributed by atoms with Gasteiger partial charge in [-0.15, -0.1) is 0 Å². The molecule has 1 amide bonds. The molecule has 5 nitrogen and oxygen atoms in total. The first kappa shape index (κ1) is 15.5. The smallest absolute Gasteiger partial charge is 0.242 e. The number of rotatable bonds is 4. The Labute approximate surface area is 124 Å². The van der Waals surface area contributed by atoms with Gasteiger partial charge in [0.05, 0.1) is 16.9 Å². The van der Waals surface area contributed by atoms with Crippen molar-refractivity contribution in [2.75, 3.05) is 5.32 Å². The van der Waals surface area contributed by atoms with Crippen LogP contribution in [0.5, 0.6) is 0 Å². The first-order valence-electron chi connectivity index (χ1n) is 6.99. The third kappa shape index (κ3) is 3.42. The Balaban J connectivity index is 2.10. The first-order valence-corrected chi connectivity index (χ1v) is 8.60. The number of benzene rings is 1. The molecule has 1 aromatic rings. The summed E-state index contributed by atoms with van der Waals surface area (Å²) in [5, 5.41) is 9.92. The van der Waals surface area contributed by atoms with Gasteiger partial charge in [-0.05, 0) is 38.0 Å². The maximum Gasteiger partial charge on any atom is 0.242 e. The second kappa shape index (κ2) is 6.27. The first-order chi connectivity index (χ1) is 9.95. The van der Waals surface area contributed by atoms with Crippen molar-refractivity contribution in [1.82, 2.24) is 0 Å². The van der Waals surface area contributed by atoms with Gasteiger partial charge >= 0.3 is 0 Å². The summed E-state index contributed by atoms with van der Waals surface area (Å²) in [7, 11) is -3.45. The quantitative estimate of drug-likeness (QED) is 0.924. The maximum absolute atomic E-state index is 12.4. The van der Waals surface area contributed by atoms with Crippen molar-refractivity contribution in [1.29, 1.82) is 5.26 Å². The minimum absolute atomic E-state index is 0.399. The molecule has 0 aromatic heterocycles. The molecule has 1 aromatic carbocycles. The Kier molecular flexibility index (Phi) is 4.63. The number of sulfone groups is 1. The molecule has 21 heavy (non-hydrogen) atoms. The molecule has 0 heterocycles. The van der Waals surface area contributed by atoms with Crippen LogP contribution in [0.15, 0.2) is 24.3 Å². The molecule has 1 fully saturated rings. The third-order valence-electron chi connectivity index (χ3n) is 3.89. The lowest BCUT2D eigenvalue weighted by Crippen LogP contribution is -2.37. The summed E-state index contributed by atoms with van der Waals surface area (Å²) >= 11 is 0. The number of carbonyl (C=O) groups is 1. The molecule has 0 spiro atoms. The number of nitrogens with zero attached hydrogens (tertiary/aromatic N) is 1. The fraction of sp³-hybridized carbons (Fsp3) is 0.467. The van der Waals surface area contributed by atoms with Gasteiger partial charge in [-0.2, -0.15) is 5.26 Å². The summed E-state index contributed by atoms with van der Waals surface area (Å²) in [6, 6.07) is 8.39. The Morgan fingerprint density at radius 1 is 1.38 bits per heavy atom. The highest BCUT2D eigenvalue weighted by molar-refractivity contribution is 7.93. The van der Waals surface area contributed by atoms with Gasteiger partial charge in [-0.3, -0.25) is 4.79 Å². The molecule has 112 valence electrons. The maximum atomic E-state index is 12.4. The van der Waals surface area contributed by atoms with E-state index in [1.807, 2.05) is 6.07 Å². The molecular weight excluding hydrogens is 288 g/mol. The summed E-state index contributed by atoms with van der Waals surface area (Å²) in [4.78, 5) is 12.1. The molecule has 1 aliphatic carbocycles. The second-order valence-corrected chi connectivity index (χ2v) is 7.87. The van der Waals surface area contributed by atoms with Crippen molar-refractivity contribution in [2.24, 2.45) is 0 Å². The van der Waals surface area contributed by atoms with Gasteiger partial charge in [0.25, 0.3) is 0 Å². The molecule has 0 bridgehead atoms. The zero-order chi connectivity index (χ0) is 15.5. The van der Waals surface area contributed by atoms with Crippen LogP contribution in [0, 0.1) is 11.3 Å². The molecule has 1 atom stereocenters. The van der Waals surface area contributed by atoms with Gasteiger partial charge in [0.15, 0.2) is 9.84 Å². The van der Waals surface area contributed by atoms with Crippen LogP contribution in [0.3, 0.4) is 0 Å². The minimum Gasteiger partial charge on any atom is -0.325 e. The van der Waals surface area contributed by atoms with E-state index in [1.54, 1.807) is 18.2 Å². The lowest BCUT2D eigenvalue weighted by Gasteiger charge is -2.17. The number of nitrogens with one attached hydrogen (secondary N) is 1. The van der Waals surface area contributed by atoms with Crippen LogP contribution in [0.4, 0.5) is 5.69 Å². The third-order valence-corrected chi connectivity index (χ3v) is 6.49. The highest BCUT2D eigenvalue weighted by Crippen LogP contribution is 2.27. The zero-order valence-corrected chi connectivity index (χ0v) is 12.7. The van der Waals surface area contributed by atoms with Crippen molar-refractivity contribution >= 4 is 21.4 Å². The van der Waals surface area contributed by atoms with E-state index >= 15 is 0 Å². The van der Waals surface area contributed by atoms with Gasteiger partial charge in [0.1, 0.15) is 5.25 Å². The van der Waals surface area contributed by atoms with E-state index in [1.165, 1.54) is 13.0 Å². The molecule has 0 saturated heterocycles. The number of carbonyl (C=O) groups excluding carboxylic acids is 1. The monoisotopic (exact) mass is 306 g/mol. The van der Waals surface area contributed by atoms with E-state index in [0.717, 1.165) is 12.8 Å². The summed E-state index contributed by atoms with van der Waals surface area (Å²) in [5.41, 5.74) is 0.853. The Bertz CT molecular complexity index is 670. The molecule has 2 rings (SSSR count). The standard InChI is InChI=1S/C15H18N2O3S/c1-11(21(19,20)14-7-2-3-8-14)15(18)17-13-6-4-5-12(9-13)10-16/h4-6,9,11,14H,2-3,7-8H2,1H3,(H,17,18). The number of amides is 1. The van der Waals surface area contributed by atoms with E-state index in [2.05, 4.69) is 5.32 Å². The van der Waals surface area contributed by atoms with Gasteiger partial charge in [0.2, 0.25) is 5.91 Å². The molecule has 1 unspecified atom stereocenters. The molecule has 0 radical (unpaired) electrons. The summed E-state index contributed by atoms with van der Waals surface area (Å²) in [6.07, 6.45) is 3.10. The normalized spacial score (nSPS) is 17.1. The molecule has 1 N–H and O–H groups in total. The van der Waals surface area contributed by atoms with Gasteiger partial charge in [0, 0.05) is 5.69 Å². The zero-order valence-electron chi connectivity index (χ0n) is 11.9. The fourth-order valence-electron chi connectivity index (χ4n) is 2.57. The van der Waals surface area contributed by atoms with Crippen LogP contribution in [0.2, 0.25) is 0 Å².